The number of hydrogen-bond donors (Lipinski definition) is 3. The van der Waals surface area contributed by atoms with Gasteiger partial charge in [-0.3, -0.25) is 4.90 Å². The molecule has 0 aliphatic carbocycles. The van der Waals surface area contributed by atoms with Gasteiger partial charge in [0.2, 0.25) is 0 Å². The van der Waals surface area contributed by atoms with Crippen LogP contribution >= 0.6 is 0 Å². The fourth-order valence-corrected chi connectivity index (χ4v) is 2.29. The lowest BCUT2D eigenvalue weighted by Crippen LogP contribution is -2.38. The Labute approximate surface area is 102 Å². The van der Waals surface area contributed by atoms with Crippen molar-refractivity contribution in [2.45, 2.75) is 25.5 Å². The highest BCUT2D eigenvalue weighted by molar-refractivity contribution is 6.58. The van der Waals surface area contributed by atoms with Crippen LogP contribution in [-0.2, 0) is 6.54 Å². The monoisotopic (exact) mass is 235 g/mol. The van der Waals surface area contributed by atoms with Crippen LogP contribution in [0.5, 0.6) is 0 Å². The maximum Gasteiger partial charge on any atom is 0.488 e. The predicted molar refractivity (Wildman–Crippen MR) is 66.8 cm³/mol. The summed E-state index contributed by atoms with van der Waals surface area (Å²) < 4.78 is 0. The van der Waals surface area contributed by atoms with E-state index in [4.69, 9.17) is 10.0 Å². The third kappa shape index (κ3) is 3.54. The number of aliphatic hydroxyl groups excluding tert-OH is 1. The molecule has 1 unspecified atom stereocenters. The van der Waals surface area contributed by atoms with Crippen molar-refractivity contribution >= 4 is 12.6 Å². The molecule has 1 atom stereocenters. The van der Waals surface area contributed by atoms with E-state index in [2.05, 4.69) is 4.90 Å². The maximum absolute atomic E-state index is 9.58. The van der Waals surface area contributed by atoms with Crippen molar-refractivity contribution in [2.24, 2.45) is 0 Å². The summed E-state index contributed by atoms with van der Waals surface area (Å²) in [7, 11) is -1.41. The zero-order valence-corrected chi connectivity index (χ0v) is 9.79. The van der Waals surface area contributed by atoms with Crippen LogP contribution in [0, 0.1) is 0 Å². The van der Waals surface area contributed by atoms with Crippen molar-refractivity contribution in [1.82, 2.24) is 4.90 Å². The third-order valence-corrected chi connectivity index (χ3v) is 3.14. The first-order valence-corrected chi connectivity index (χ1v) is 6.00. The lowest BCUT2D eigenvalue weighted by atomic mass is 9.79. The molecule has 1 heterocycles. The first-order chi connectivity index (χ1) is 8.15. The average molecular weight is 235 g/mol. The van der Waals surface area contributed by atoms with Crippen LogP contribution in [0.4, 0.5) is 0 Å². The summed E-state index contributed by atoms with van der Waals surface area (Å²) >= 11 is 0. The van der Waals surface area contributed by atoms with E-state index < -0.39 is 7.12 Å². The van der Waals surface area contributed by atoms with Gasteiger partial charge in [-0.1, -0.05) is 24.3 Å². The summed E-state index contributed by atoms with van der Waals surface area (Å²) in [5.74, 6) is 0. The number of benzene rings is 1. The number of piperidine rings is 1. The molecule has 1 saturated heterocycles. The first kappa shape index (κ1) is 12.6. The van der Waals surface area contributed by atoms with Crippen molar-refractivity contribution < 1.29 is 15.2 Å². The normalized spacial score (nSPS) is 21.5. The molecule has 1 aliphatic rings. The minimum Gasteiger partial charge on any atom is -0.423 e. The van der Waals surface area contributed by atoms with Gasteiger partial charge in [0.05, 0.1) is 6.10 Å². The fraction of sp³-hybridized carbons (Fsp3) is 0.500. The highest BCUT2D eigenvalue weighted by Crippen LogP contribution is 2.12. The van der Waals surface area contributed by atoms with Gasteiger partial charge in [-0.05, 0) is 30.4 Å². The van der Waals surface area contributed by atoms with Crippen molar-refractivity contribution in [3.8, 4) is 0 Å². The van der Waals surface area contributed by atoms with Crippen LogP contribution in [0.25, 0.3) is 0 Å². The van der Waals surface area contributed by atoms with E-state index in [1.165, 1.54) is 0 Å². The Bertz CT molecular complexity index is 373. The largest absolute Gasteiger partial charge is 0.488 e. The SMILES string of the molecule is OB(O)c1cccc(CN2CCCC(O)C2)c1. The zero-order valence-electron chi connectivity index (χ0n) is 9.79. The highest BCUT2D eigenvalue weighted by Gasteiger charge is 2.18. The molecule has 1 aliphatic heterocycles. The lowest BCUT2D eigenvalue weighted by Gasteiger charge is -2.30. The van der Waals surface area contributed by atoms with Crippen molar-refractivity contribution in [1.29, 1.82) is 0 Å². The smallest absolute Gasteiger partial charge is 0.423 e. The highest BCUT2D eigenvalue weighted by atomic mass is 16.4. The number of nitrogens with zero attached hydrogens (tertiary/aromatic N) is 1. The van der Waals surface area contributed by atoms with Gasteiger partial charge in [-0.2, -0.15) is 0 Å². The van der Waals surface area contributed by atoms with E-state index in [1.54, 1.807) is 12.1 Å². The molecule has 92 valence electrons. The summed E-state index contributed by atoms with van der Waals surface area (Å²) in [6.07, 6.45) is 1.67. The molecule has 5 heteroatoms. The van der Waals surface area contributed by atoms with Crippen molar-refractivity contribution in [3.05, 3.63) is 29.8 Å². The number of likely N-dealkylation sites (tertiary alicyclic amines) is 1. The van der Waals surface area contributed by atoms with Gasteiger partial charge in [0, 0.05) is 13.1 Å². The van der Waals surface area contributed by atoms with Crippen molar-refractivity contribution in [2.75, 3.05) is 13.1 Å². The minimum absolute atomic E-state index is 0.227. The van der Waals surface area contributed by atoms with Gasteiger partial charge in [0.25, 0.3) is 0 Å². The van der Waals surface area contributed by atoms with E-state index in [0.29, 0.717) is 12.0 Å². The van der Waals surface area contributed by atoms with E-state index in [-0.39, 0.29) is 6.10 Å². The Morgan fingerprint density at radius 2 is 2.18 bits per heavy atom. The summed E-state index contributed by atoms with van der Waals surface area (Å²) in [5.41, 5.74) is 1.56. The molecular formula is C12H18BNO3. The van der Waals surface area contributed by atoms with E-state index in [1.807, 2.05) is 12.1 Å². The van der Waals surface area contributed by atoms with Gasteiger partial charge in [-0.15, -0.1) is 0 Å². The summed E-state index contributed by atoms with van der Waals surface area (Å²) in [6, 6.07) is 7.28. The molecule has 0 spiro atoms. The molecule has 0 amide bonds. The molecule has 17 heavy (non-hydrogen) atoms. The Balaban J connectivity index is 2.00. The zero-order chi connectivity index (χ0) is 12.3. The van der Waals surface area contributed by atoms with Gasteiger partial charge < -0.3 is 15.2 Å². The van der Waals surface area contributed by atoms with Crippen LogP contribution in [0.2, 0.25) is 0 Å². The molecule has 1 fully saturated rings. The molecule has 1 aromatic carbocycles. The minimum atomic E-state index is -1.41. The fourth-order valence-electron chi connectivity index (χ4n) is 2.29. The summed E-state index contributed by atoms with van der Waals surface area (Å²) in [5, 5.41) is 27.8. The Kier molecular flexibility index (Phi) is 4.18. The van der Waals surface area contributed by atoms with Gasteiger partial charge in [0.15, 0.2) is 0 Å². The topological polar surface area (TPSA) is 63.9 Å². The molecule has 3 N–H and O–H groups in total. The number of hydrogen-bond acceptors (Lipinski definition) is 4. The van der Waals surface area contributed by atoms with Crippen LogP contribution < -0.4 is 5.46 Å². The second-order valence-electron chi connectivity index (χ2n) is 4.65. The maximum atomic E-state index is 9.58. The third-order valence-electron chi connectivity index (χ3n) is 3.14. The second kappa shape index (κ2) is 5.64. The van der Waals surface area contributed by atoms with Crippen LogP contribution in [-0.4, -0.2) is 46.4 Å². The quantitative estimate of drug-likeness (QED) is 0.607. The molecule has 2 rings (SSSR count). The van der Waals surface area contributed by atoms with Crippen LogP contribution in [0.3, 0.4) is 0 Å². The predicted octanol–water partition coefficient (Wildman–Crippen LogP) is -0.677. The standard InChI is InChI=1S/C12H18BNO3/c15-12-5-2-6-14(9-12)8-10-3-1-4-11(7-10)13(16)17/h1,3-4,7,12,15-17H,2,5-6,8-9H2. The average Bonchev–Trinajstić information content (AvgIpc) is 2.29. The van der Waals surface area contributed by atoms with Crippen LogP contribution in [0.15, 0.2) is 24.3 Å². The molecule has 0 saturated carbocycles. The molecule has 1 aromatic rings. The van der Waals surface area contributed by atoms with Gasteiger partial charge in [0.1, 0.15) is 0 Å². The molecule has 0 aromatic heterocycles. The molecule has 0 bridgehead atoms. The first-order valence-electron chi connectivity index (χ1n) is 6.00. The summed E-state index contributed by atoms with van der Waals surface area (Å²) in [6.45, 7) is 2.44. The Morgan fingerprint density at radius 1 is 1.35 bits per heavy atom. The Hall–Kier alpha value is -0.875. The molecular weight excluding hydrogens is 217 g/mol. The van der Waals surface area contributed by atoms with Crippen LogP contribution in [0.1, 0.15) is 18.4 Å². The van der Waals surface area contributed by atoms with E-state index in [0.717, 1.165) is 31.5 Å². The van der Waals surface area contributed by atoms with E-state index in [9.17, 15) is 5.11 Å². The number of β-amino-alcohol motifs (C(OH)–C–C–N with tert-alkyl or cyclic N) is 1. The molecule has 4 nitrogen and oxygen atoms in total. The van der Waals surface area contributed by atoms with Gasteiger partial charge in [-0.25, -0.2) is 0 Å². The van der Waals surface area contributed by atoms with E-state index >= 15 is 0 Å². The number of aliphatic hydroxyl groups is 1. The molecule has 0 radical (unpaired) electrons. The van der Waals surface area contributed by atoms with Crippen molar-refractivity contribution in [3.63, 3.8) is 0 Å². The lowest BCUT2D eigenvalue weighted by molar-refractivity contribution is 0.0668. The Morgan fingerprint density at radius 3 is 2.88 bits per heavy atom. The second-order valence-corrected chi connectivity index (χ2v) is 4.65. The van der Waals surface area contributed by atoms with Gasteiger partial charge >= 0.3 is 7.12 Å². The summed E-state index contributed by atoms with van der Waals surface area (Å²) in [4.78, 5) is 2.19. The number of rotatable bonds is 3.